The van der Waals surface area contributed by atoms with Gasteiger partial charge in [0, 0.05) is 19.6 Å². The number of ether oxygens (including phenoxy) is 1. The first-order chi connectivity index (χ1) is 20.1. The number of hydrogen-bond acceptors (Lipinski definition) is 5. The van der Waals surface area contributed by atoms with Crippen molar-refractivity contribution < 1.29 is 14.6 Å². The second-order valence-corrected chi connectivity index (χ2v) is 12.6. The Kier molecular flexibility index (Phi) is 33.3. The molecule has 5 nitrogen and oxygen atoms in total. The molecule has 0 aromatic carbocycles. The van der Waals surface area contributed by atoms with Crippen molar-refractivity contribution in [1.82, 2.24) is 4.90 Å². The number of hydrogen-bond donors (Lipinski definition) is 2. The van der Waals surface area contributed by atoms with Crippen LogP contribution in [0.25, 0.3) is 0 Å². The largest absolute Gasteiger partial charge is 0.466 e. The van der Waals surface area contributed by atoms with Crippen molar-refractivity contribution in [2.45, 2.75) is 193 Å². The third kappa shape index (κ3) is 32.1. The van der Waals surface area contributed by atoms with E-state index < -0.39 is 6.10 Å². The Bertz CT molecular complexity index is 517. The Hall–Kier alpha value is -0.650. The number of unbranched alkanes of at least 4 members (excludes halogenated alkanes) is 24. The number of aliphatic hydroxyl groups excluding tert-OH is 1. The molecular weight excluding hydrogens is 508 g/mol. The maximum Gasteiger partial charge on any atom is 0.307 e. The van der Waals surface area contributed by atoms with E-state index in [1.807, 2.05) is 0 Å². The van der Waals surface area contributed by atoms with Gasteiger partial charge in [0.2, 0.25) is 0 Å². The van der Waals surface area contributed by atoms with Gasteiger partial charge >= 0.3 is 5.97 Å². The second kappa shape index (κ2) is 33.8. The minimum Gasteiger partial charge on any atom is -0.466 e. The van der Waals surface area contributed by atoms with E-state index in [-0.39, 0.29) is 12.5 Å². The van der Waals surface area contributed by atoms with E-state index in [1.54, 1.807) is 0 Å². The molecule has 0 amide bonds. The van der Waals surface area contributed by atoms with Gasteiger partial charge in [0.1, 0.15) is 0 Å². The molecule has 3 N–H and O–H groups in total. The molecule has 5 heteroatoms. The summed E-state index contributed by atoms with van der Waals surface area (Å²) in [5, 5.41) is 10.1. The van der Waals surface area contributed by atoms with Crippen LogP contribution in [0, 0.1) is 0 Å². The number of aliphatic hydroxyl groups is 1. The summed E-state index contributed by atoms with van der Waals surface area (Å²) < 4.78 is 5.49. The number of nitrogens with two attached hydrogens (primary N) is 1. The van der Waals surface area contributed by atoms with Crippen LogP contribution < -0.4 is 5.73 Å². The minimum atomic E-state index is -0.529. The van der Waals surface area contributed by atoms with E-state index in [4.69, 9.17) is 10.5 Å². The molecule has 1 unspecified atom stereocenters. The standard InChI is InChI=1S/C36H74N2O3/c1-3-5-7-9-11-13-15-17-18-19-21-23-25-27-30-38(34-35(39)33-37)31-29-36(40)41-32-28-26-24-22-20-16-14-12-10-8-6-4-2/h35,39H,3-34,37H2,1-2H3. The topological polar surface area (TPSA) is 75.8 Å². The Morgan fingerprint density at radius 1 is 0.585 bits per heavy atom. The SMILES string of the molecule is CCCCCCCCCCCCCCCCN(CCC(=O)OCCCCCCCCCCCCCC)CC(O)CN. The fourth-order valence-electron chi connectivity index (χ4n) is 5.65. The monoisotopic (exact) mass is 583 g/mol. The Labute approximate surface area is 257 Å². The first-order valence-corrected chi connectivity index (χ1v) is 18.4. The van der Waals surface area contributed by atoms with Crippen LogP contribution in [0.4, 0.5) is 0 Å². The van der Waals surface area contributed by atoms with Crippen LogP contribution in [0.2, 0.25) is 0 Å². The molecule has 0 rings (SSSR count). The molecule has 0 fully saturated rings. The number of carbonyl (C=O) groups is 1. The van der Waals surface area contributed by atoms with Crippen molar-refractivity contribution in [2.75, 3.05) is 32.8 Å². The predicted molar refractivity (Wildman–Crippen MR) is 178 cm³/mol. The van der Waals surface area contributed by atoms with Crippen molar-refractivity contribution in [2.24, 2.45) is 5.73 Å². The zero-order valence-electron chi connectivity index (χ0n) is 28.0. The molecule has 0 radical (unpaired) electrons. The second-order valence-electron chi connectivity index (χ2n) is 12.6. The van der Waals surface area contributed by atoms with E-state index >= 15 is 0 Å². The molecule has 0 heterocycles. The van der Waals surface area contributed by atoms with Crippen LogP contribution >= 0.6 is 0 Å². The highest BCUT2D eigenvalue weighted by molar-refractivity contribution is 5.69. The van der Waals surface area contributed by atoms with Gasteiger partial charge in [-0.25, -0.2) is 0 Å². The van der Waals surface area contributed by atoms with Gasteiger partial charge in [0.15, 0.2) is 0 Å². The number of carbonyl (C=O) groups excluding carboxylic acids is 1. The number of rotatable bonds is 34. The van der Waals surface area contributed by atoms with Gasteiger partial charge in [-0.05, 0) is 19.4 Å². The van der Waals surface area contributed by atoms with E-state index in [1.165, 1.54) is 148 Å². The van der Waals surface area contributed by atoms with Gasteiger partial charge in [-0.2, -0.15) is 0 Å². The Morgan fingerprint density at radius 2 is 0.951 bits per heavy atom. The average molecular weight is 583 g/mol. The molecule has 0 aliphatic heterocycles. The van der Waals surface area contributed by atoms with Crippen molar-refractivity contribution in [3.8, 4) is 0 Å². The maximum absolute atomic E-state index is 12.3. The van der Waals surface area contributed by atoms with Crippen LogP contribution in [0.1, 0.15) is 187 Å². The van der Waals surface area contributed by atoms with Gasteiger partial charge in [-0.1, -0.05) is 168 Å². The van der Waals surface area contributed by atoms with Crippen molar-refractivity contribution in [3.63, 3.8) is 0 Å². The van der Waals surface area contributed by atoms with E-state index in [0.717, 1.165) is 25.8 Å². The summed E-state index contributed by atoms with van der Waals surface area (Å²) in [5.41, 5.74) is 5.65. The normalized spacial score (nSPS) is 12.3. The molecule has 246 valence electrons. The summed E-state index contributed by atoms with van der Waals surface area (Å²) in [6.45, 7) is 7.46. The van der Waals surface area contributed by atoms with Crippen LogP contribution in [0.3, 0.4) is 0 Å². The lowest BCUT2D eigenvalue weighted by atomic mass is 10.0. The molecule has 0 spiro atoms. The molecule has 41 heavy (non-hydrogen) atoms. The average Bonchev–Trinajstić information content (AvgIpc) is 2.98. The number of esters is 1. The van der Waals surface area contributed by atoms with Gasteiger partial charge in [-0.3, -0.25) is 4.79 Å². The Balaban J connectivity index is 3.71. The molecular formula is C36H74N2O3. The lowest BCUT2D eigenvalue weighted by molar-refractivity contribution is -0.144. The lowest BCUT2D eigenvalue weighted by Gasteiger charge is -2.24. The van der Waals surface area contributed by atoms with Gasteiger partial charge in [0.25, 0.3) is 0 Å². The molecule has 0 bridgehead atoms. The smallest absolute Gasteiger partial charge is 0.307 e. The van der Waals surface area contributed by atoms with Gasteiger partial charge < -0.3 is 20.5 Å². The summed E-state index contributed by atoms with van der Waals surface area (Å²) in [6.07, 6.45) is 34.5. The van der Waals surface area contributed by atoms with Crippen LogP contribution in [0.5, 0.6) is 0 Å². The van der Waals surface area contributed by atoms with Crippen LogP contribution in [-0.4, -0.2) is 54.9 Å². The highest BCUT2D eigenvalue weighted by Gasteiger charge is 2.13. The zero-order chi connectivity index (χ0) is 30.1. The molecule has 0 aromatic heterocycles. The summed E-state index contributed by atoms with van der Waals surface area (Å²) in [7, 11) is 0. The highest BCUT2D eigenvalue weighted by Crippen LogP contribution is 2.14. The molecule has 0 saturated carbocycles. The maximum atomic E-state index is 12.3. The van der Waals surface area contributed by atoms with Crippen molar-refractivity contribution in [1.29, 1.82) is 0 Å². The zero-order valence-corrected chi connectivity index (χ0v) is 28.0. The van der Waals surface area contributed by atoms with Gasteiger partial charge in [0.05, 0.1) is 19.1 Å². The molecule has 0 saturated heterocycles. The molecule has 0 aromatic rings. The first-order valence-electron chi connectivity index (χ1n) is 18.4. The summed E-state index contributed by atoms with van der Waals surface area (Å²) in [4.78, 5) is 14.5. The summed E-state index contributed by atoms with van der Waals surface area (Å²) >= 11 is 0. The third-order valence-electron chi connectivity index (χ3n) is 8.46. The molecule has 1 atom stereocenters. The number of nitrogens with zero attached hydrogens (tertiary/aromatic N) is 1. The Morgan fingerprint density at radius 3 is 1.34 bits per heavy atom. The third-order valence-corrected chi connectivity index (χ3v) is 8.46. The minimum absolute atomic E-state index is 0.110. The van der Waals surface area contributed by atoms with Crippen molar-refractivity contribution in [3.05, 3.63) is 0 Å². The summed E-state index contributed by atoms with van der Waals surface area (Å²) in [5.74, 6) is -0.110. The summed E-state index contributed by atoms with van der Waals surface area (Å²) in [6, 6.07) is 0. The molecule has 0 aliphatic carbocycles. The lowest BCUT2D eigenvalue weighted by Crippen LogP contribution is -2.38. The fraction of sp³-hybridized carbons (Fsp3) is 0.972. The highest BCUT2D eigenvalue weighted by atomic mass is 16.5. The van der Waals surface area contributed by atoms with Crippen LogP contribution in [-0.2, 0) is 9.53 Å². The van der Waals surface area contributed by atoms with Gasteiger partial charge in [-0.15, -0.1) is 0 Å². The van der Waals surface area contributed by atoms with Crippen molar-refractivity contribution >= 4 is 5.97 Å². The van der Waals surface area contributed by atoms with Crippen LogP contribution in [0.15, 0.2) is 0 Å². The van der Waals surface area contributed by atoms with E-state index in [0.29, 0.717) is 26.1 Å². The van der Waals surface area contributed by atoms with E-state index in [2.05, 4.69) is 18.7 Å². The quantitative estimate of drug-likeness (QED) is 0.0583. The molecule has 0 aliphatic rings. The predicted octanol–water partition coefficient (Wildman–Crippen LogP) is 9.72. The fourth-order valence-corrected chi connectivity index (χ4v) is 5.65. The van der Waals surface area contributed by atoms with E-state index in [9.17, 15) is 9.90 Å². The first kappa shape index (κ1) is 40.4.